The number of alkyl halides is 1. The Bertz CT molecular complexity index is 471. The van der Waals surface area contributed by atoms with Gasteiger partial charge in [-0.05, 0) is 25.3 Å². The highest BCUT2D eigenvalue weighted by molar-refractivity contribution is 7.16. The molecule has 0 saturated carbocycles. The number of aryl methyl sites for hydroxylation is 1. The molecule has 1 amide bonds. The molecule has 1 heterocycles. The molecule has 0 unspecified atom stereocenters. The van der Waals surface area contributed by atoms with Gasteiger partial charge in [-0.1, -0.05) is 6.92 Å². The van der Waals surface area contributed by atoms with Crippen LogP contribution in [0, 0.1) is 6.92 Å². The number of carbonyl (C=O) groups is 2. The average molecular weight is 304 g/mol. The number of rotatable bonds is 6. The summed E-state index contributed by atoms with van der Waals surface area (Å²) in [6, 6.07) is 0. The predicted octanol–water partition coefficient (Wildman–Crippen LogP) is 3.36. The Morgan fingerprint density at radius 2 is 2.11 bits per heavy atom. The molecule has 0 spiro atoms. The molecule has 0 atom stereocenters. The van der Waals surface area contributed by atoms with Crippen molar-refractivity contribution in [3.63, 3.8) is 0 Å². The third-order valence-corrected chi connectivity index (χ3v) is 4.07. The van der Waals surface area contributed by atoms with Crippen LogP contribution in [0.4, 0.5) is 5.00 Å². The first-order valence-corrected chi connectivity index (χ1v) is 7.46. The number of thiophene rings is 1. The fourth-order valence-corrected chi connectivity index (χ4v) is 3.11. The second-order valence-electron chi connectivity index (χ2n) is 4.03. The van der Waals surface area contributed by atoms with Crippen LogP contribution in [-0.4, -0.2) is 24.9 Å². The standard InChI is InChI=1S/C13H18ClNO3S/c1-4-9-8(2)19-12(11(9)13(17)18-3)15-10(16)6-5-7-14/h4-7H2,1-3H3,(H,15,16). The third kappa shape index (κ3) is 3.94. The van der Waals surface area contributed by atoms with Crippen LogP contribution in [0.3, 0.4) is 0 Å². The van der Waals surface area contributed by atoms with Gasteiger partial charge in [0.05, 0.1) is 12.7 Å². The first-order chi connectivity index (χ1) is 9.04. The van der Waals surface area contributed by atoms with Gasteiger partial charge >= 0.3 is 5.97 Å². The molecule has 1 rings (SSSR count). The predicted molar refractivity (Wildman–Crippen MR) is 78.4 cm³/mol. The summed E-state index contributed by atoms with van der Waals surface area (Å²) in [6.07, 6.45) is 1.69. The lowest BCUT2D eigenvalue weighted by Gasteiger charge is -2.06. The number of esters is 1. The lowest BCUT2D eigenvalue weighted by molar-refractivity contribution is -0.116. The molecule has 0 aliphatic heterocycles. The fourth-order valence-electron chi connectivity index (χ4n) is 1.83. The van der Waals surface area contributed by atoms with Gasteiger partial charge in [-0.3, -0.25) is 4.79 Å². The summed E-state index contributed by atoms with van der Waals surface area (Å²) in [6.45, 7) is 3.91. The van der Waals surface area contributed by atoms with Crippen molar-refractivity contribution in [3.8, 4) is 0 Å². The van der Waals surface area contributed by atoms with Crippen LogP contribution in [0.1, 0.15) is 40.6 Å². The molecule has 106 valence electrons. The molecular formula is C13H18ClNO3S. The first kappa shape index (κ1) is 16.0. The van der Waals surface area contributed by atoms with Crippen molar-refractivity contribution in [2.24, 2.45) is 0 Å². The number of halogens is 1. The molecule has 0 aliphatic carbocycles. The molecule has 0 fully saturated rings. The number of methoxy groups -OCH3 is 1. The van der Waals surface area contributed by atoms with Crippen molar-refractivity contribution in [1.29, 1.82) is 0 Å². The van der Waals surface area contributed by atoms with E-state index in [4.69, 9.17) is 16.3 Å². The highest BCUT2D eigenvalue weighted by Gasteiger charge is 2.22. The summed E-state index contributed by atoms with van der Waals surface area (Å²) in [7, 11) is 1.34. The lowest BCUT2D eigenvalue weighted by Crippen LogP contribution is -2.14. The van der Waals surface area contributed by atoms with E-state index in [0.29, 0.717) is 29.3 Å². The van der Waals surface area contributed by atoms with Crippen LogP contribution in [0.5, 0.6) is 0 Å². The van der Waals surface area contributed by atoms with E-state index in [0.717, 1.165) is 16.9 Å². The van der Waals surface area contributed by atoms with Gasteiger partial charge in [-0.15, -0.1) is 22.9 Å². The van der Waals surface area contributed by atoms with Crippen molar-refractivity contribution >= 4 is 39.8 Å². The summed E-state index contributed by atoms with van der Waals surface area (Å²) in [5, 5.41) is 3.35. The van der Waals surface area contributed by atoms with Gasteiger partial charge in [-0.2, -0.15) is 0 Å². The number of anilines is 1. The number of carbonyl (C=O) groups excluding carboxylic acids is 2. The van der Waals surface area contributed by atoms with Crippen molar-refractivity contribution < 1.29 is 14.3 Å². The van der Waals surface area contributed by atoms with E-state index < -0.39 is 5.97 Å². The number of ether oxygens (including phenoxy) is 1. The Hall–Kier alpha value is -1.07. The van der Waals surface area contributed by atoms with Crippen LogP contribution < -0.4 is 5.32 Å². The molecule has 19 heavy (non-hydrogen) atoms. The highest BCUT2D eigenvalue weighted by atomic mass is 35.5. The Labute approximate surface area is 122 Å². The minimum absolute atomic E-state index is 0.130. The fraction of sp³-hybridized carbons (Fsp3) is 0.538. The minimum Gasteiger partial charge on any atom is -0.465 e. The zero-order valence-corrected chi connectivity index (χ0v) is 12.9. The number of hydrogen-bond acceptors (Lipinski definition) is 4. The lowest BCUT2D eigenvalue weighted by atomic mass is 10.1. The van der Waals surface area contributed by atoms with Crippen LogP contribution in [0.15, 0.2) is 0 Å². The quantitative estimate of drug-likeness (QED) is 0.647. The minimum atomic E-state index is -0.408. The van der Waals surface area contributed by atoms with E-state index in [2.05, 4.69) is 5.32 Å². The largest absolute Gasteiger partial charge is 0.465 e. The second kappa shape index (κ2) is 7.50. The summed E-state index contributed by atoms with van der Waals surface area (Å²) < 4.78 is 4.79. The van der Waals surface area contributed by atoms with Crippen LogP contribution in [0.2, 0.25) is 0 Å². The van der Waals surface area contributed by atoms with Gasteiger partial charge in [0.25, 0.3) is 0 Å². The molecule has 1 N–H and O–H groups in total. The van der Waals surface area contributed by atoms with Crippen molar-refractivity contribution in [3.05, 3.63) is 16.0 Å². The van der Waals surface area contributed by atoms with Crippen molar-refractivity contribution in [1.82, 2.24) is 0 Å². The zero-order chi connectivity index (χ0) is 14.4. The van der Waals surface area contributed by atoms with Gasteiger partial charge in [0.1, 0.15) is 5.00 Å². The maximum atomic E-state index is 11.8. The third-order valence-electron chi connectivity index (χ3n) is 2.74. The maximum absolute atomic E-state index is 11.8. The van der Waals surface area contributed by atoms with Crippen molar-refractivity contribution in [2.45, 2.75) is 33.1 Å². The zero-order valence-electron chi connectivity index (χ0n) is 11.3. The average Bonchev–Trinajstić information content (AvgIpc) is 2.70. The van der Waals surface area contributed by atoms with Gasteiger partial charge in [0, 0.05) is 17.2 Å². The summed E-state index contributed by atoms with van der Waals surface area (Å²) in [5.74, 6) is -0.0930. The molecule has 0 saturated heterocycles. The smallest absolute Gasteiger partial charge is 0.341 e. The van der Waals surface area contributed by atoms with Gasteiger partial charge in [0.2, 0.25) is 5.91 Å². The molecule has 0 aliphatic rings. The molecule has 0 radical (unpaired) electrons. The summed E-state index contributed by atoms with van der Waals surface area (Å²) >= 11 is 6.96. The van der Waals surface area contributed by atoms with Gasteiger partial charge < -0.3 is 10.1 Å². The topological polar surface area (TPSA) is 55.4 Å². The molecule has 6 heteroatoms. The molecule has 1 aromatic rings. The number of amides is 1. The molecule has 4 nitrogen and oxygen atoms in total. The van der Waals surface area contributed by atoms with Gasteiger partial charge in [0.15, 0.2) is 0 Å². The molecule has 0 aromatic carbocycles. The second-order valence-corrected chi connectivity index (χ2v) is 5.63. The summed E-state index contributed by atoms with van der Waals surface area (Å²) in [5.41, 5.74) is 1.41. The van der Waals surface area contributed by atoms with E-state index in [1.165, 1.54) is 18.4 Å². The van der Waals surface area contributed by atoms with Crippen LogP contribution in [-0.2, 0) is 16.0 Å². The van der Waals surface area contributed by atoms with E-state index in [1.54, 1.807) is 0 Å². The SMILES string of the molecule is CCc1c(C)sc(NC(=O)CCCCl)c1C(=O)OC. The van der Waals surface area contributed by atoms with Crippen molar-refractivity contribution in [2.75, 3.05) is 18.3 Å². The van der Waals surface area contributed by atoms with Gasteiger partial charge in [-0.25, -0.2) is 4.79 Å². The Morgan fingerprint density at radius 3 is 2.63 bits per heavy atom. The highest BCUT2D eigenvalue weighted by Crippen LogP contribution is 2.34. The normalized spacial score (nSPS) is 10.3. The Balaban J connectivity index is 3.00. The maximum Gasteiger partial charge on any atom is 0.341 e. The van der Waals surface area contributed by atoms with Crippen LogP contribution >= 0.6 is 22.9 Å². The Kier molecular flexibility index (Phi) is 6.31. The Morgan fingerprint density at radius 1 is 1.42 bits per heavy atom. The summed E-state index contributed by atoms with van der Waals surface area (Å²) in [4.78, 5) is 24.6. The van der Waals surface area contributed by atoms with E-state index in [1.807, 2.05) is 13.8 Å². The number of nitrogens with one attached hydrogen (secondary N) is 1. The van der Waals surface area contributed by atoms with E-state index in [-0.39, 0.29) is 5.91 Å². The molecule has 0 bridgehead atoms. The van der Waals surface area contributed by atoms with E-state index in [9.17, 15) is 9.59 Å². The molecular weight excluding hydrogens is 286 g/mol. The van der Waals surface area contributed by atoms with E-state index >= 15 is 0 Å². The number of hydrogen-bond donors (Lipinski definition) is 1. The first-order valence-electron chi connectivity index (χ1n) is 6.11. The molecule has 1 aromatic heterocycles. The monoisotopic (exact) mass is 303 g/mol. The van der Waals surface area contributed by atoms with Crippen LogP contribution in [0.25, 0.3) is 0 Å².